The van der Waals surface area contributed by atoms with Crippen LogP contribution in [0.2, 0.25) is 0 Å². The number of benzene rings is 1. The summed E-state index contributed by atoms with van der Waals surface area (Å²) in [5, 5.41) is 2.95. The van der Waals surface area contributed by atoms with E-state index in [4.69, 9.17) is 14.2 Å². The zero-order chi connectivity index (χ0) is 16.5. The zero-order valence-corrected chi connectivity index (χ0v) is 14.2. The molecule has 124 valence electrons. The second-order valence-electron chi connectivity index (χ2n) is 5.15. The van der Waals surface area contributed by atoms with Gasteiger partial charge in [-0.3, -0.25) is 4.79 Å². The SMILES string of the molecule is CCCC[C@H](CC)C(=O)Nc1cc(OC)c(OC)c(OC)c1. The number of methoxy groups -OCH3 is 3. The van der Waals surface area contributed by atoms with Crippen molar-refractivity contribution < 1.29 is 19.0 Å². The average Bonchev–Trinajstić information content (AvgIpc) is 2.54. The zero-order valence-electron chi connectivity index (χ0n) is 14.2. The maximum atomic E-state index is 12.4. The molecule has 0 spiro atoms. The monoisotopic (exact) mass is 309 g/mol. The molecular formula is C17H27NO4. The van der Waals surface area contributed by atoms with E-state index in [-0.39, 0.29) is 11.8 Å². The number of carbonyl (C=O) groups is 1. The highest BCUT2D eigenvalue weighted by atomic mass is 16.5. The Hall–Kier alpha value is -1.91. The third kappa shape index (κ3) is 4.55. The van der Waals surface area contributed by atoms with Crippen LogP contribution >= 0.6 is 0 Å². The van der Waals surface area contributed by atoms with E-state index in [2.05, 4.69) is 12.2 Å². The largest absolute Gasteiger partial charge is 0.493 e. The van der Waals surface area contributed by atoms with Crippen molar-refractivity contribution in [3.05, 3.63) is 12.1 Å². The highest BCUT2D eigenvalue weighted by Crippen LogP contribution is 2.40. The van der Waals surface area contributed by atoms with Crippen molar-refractivity contribution in [1.29, 1.82) is 0 Å². The van der Waals surface area contributed by atoms with E-state index in [1.54, 1.807) is 33.5 Å². The van der Waals surface area contributed by atoms with Crippen molar-refractivity contribution >= 4 is 11.6 Å². The minimum absolute atomic E-state index is 0.0269. The first kappa shape index (κ1) is 18.1. The van der Waals surface area contributed by atoms with Crippen molar-refractivity contribution in [2.45, 2.75) is 39.5 Å². The molecule has 0 radical (unpaired) electrons. The molecule has 22 heavy (non-hydrogen) atoms. The van der Waals surface area contributed by atoms with Crippen LogP contribution in [-0.2, 0) is 4.79 Å². The Balaban J connectivity index is 2.94. The summed E-state index contributed by atoms with van der Waals surface area (Å²) >= 11 is 0. The van der Waals surface area contributed by atoms with E-state index in [1.165, 1.54) is 0 Å². The normalized spacial score (nSPS) is 11.7. The standard InChI is InChI=1S/C17H27NO4/c1-6-8-9-12(7-2)17(19)18-13-10-14(20-3)16(22-5)15(11-13)21-4/h10-12H,6-9H2,1-5H3,(H,18,19)/t12-/m0/s1. The fourth-order valence-corrected chi connectivity index (χ4v) is 2.37. The summed E-state index contributed by atoms with van der Waals surface area (Å²) in [6.07, 6.45) is 3.88. The molecule has 5 nitrogen and oxygen atoms in total. The molecule has 1 aromatic carbocycles. The quantitative estimate of drug-likeness (QED) is 0.752. The first-order valence-electron chi connectivity index (χ1n) is 7.72. The van der Waals surface area contributed by atoms with Crippen molar-refractivity contribution in [2.24, 2.45) is 5.92 Å². The van der Waals surface area contributed by atoms with Gasteiger partial charge in [0.2, 0.25) is 11.7 Å². The Bertz CT molecular complexity index is 463. The second kappa shape index (κ2) is 9.18. The molecule has 1 amide bonds. The van der Waals surface area contributed by atoms with Gasteiger partial charge in [0.1, 0.15) is 0 Å². The van der Waals surface area contributed by atoms with Gasteiger partial charge in [0, 0.05) is 23.7 Å². The fraction of sp³-hybridized carbons (Fsp3) is 0.588. The Morgan fingerprint density at radius 2 is 1.68 bits per heavy atom. The number of nitrogens with one attached hydrogen (secondary N) is 1. The molecule has 0 fully saturated rings. The summed E-state index contributed by atoms with van der Waals surface area (Å²) in [5.41, 5.74) is 0.648. The molecule has 0 saturated carbocycles. The molecule has 0 aliphatic rings. The Labute approximate surface area is 132 Å². The van der Waals surface area contributed by atoms with E-state index in [1.807, 2.05) is 6.92 Å². The predicted molar refractivity (Wildman–Crippen MR) is 88.0 cm³/mol. The average molecular weight is 309 g/mol. The molecule has 0 bridgehead atoms. The maximum absolute atomic E-state index is 12.4. The Kier molecular flexibility index (Phi) is 7.57. The number of unbranched alkanes of at least 4 members (excludes halogenated alkanes) is 1. The molecule has 0 saturated heterocycles. The third-order valence-corrected chi connectivity index (χ3v) is 3.70. The van der Waals surface area contributed by atoms with Crippen LogP contribution in [0.1, 0.15) is 39.5 Å². The predicted octanol–water partition coefficient (Wildman–Crippen LogP) is 3.87. The van der Waals surface area contributed by atoms with E-state index < -0.39 is 0 Å². The summed E-state index contributed by atoms with van der Waals surface area (Å²) < 4.78 is 15.9. The van der Waals surface area contributed by atoms with Crippen LogP contribution in [0.5, 0.6) is 17.2 Å². The number of hydrogen-bond acceptors (Lipinski definition) is 4. The van der Waals surface area contributed by atoms with Crippen LogP contribution < -0.4 is 19.5 Å². The highest BCUT2D eigenvalue weighted by molar-refractivity contribution is 5.93. The fourth-order valence-electron chi connectivity index (χ4n) is 2.37. The van der Waals surface area contributed by atoms with Crippen LogP contribution in [0.25, 0.3) is 0 Å². The van der Waals surface area contributed by atoms with Crippen molar-refractivity contribution in [1.82, 2.24) is 0 Å². The summed E-state index contributed by atoms with van der Waals surface area (Å²) in [7, 11) is 4.66. The van der Waals surface area contributed by atoms with Crippen LogP contribution in [0.15, 0.2) is 12.1 Å². The van der Waals surface area contributed by atoms with Gasteiger partial charge in [-0.25, -0.2) is 0 Å². The minimum Gasteiger partial charge on any atom is -0.493 e. The Morgan fingerprint density at radius 1 is 1.09 bits per heavy atom. The molecule has 5 heteroatoms. The number of anilines is 1. The van der Waals surface area contributed by atoms with Gasteiger partial charge < -0.3 is 19.5 Å². The number of carbonyl (C=O) groups excluding carboxylic acids is 1. The van der Waals surface area contributed by atoms with E-state index in [9.17, 15) is 4.79 Å². The lowest BCUT2D eigenvalue weighted by atomic mass is 9.98. The summed E-state index contributed by atoms with van der Waals surface area (Å²) in [5.74, 6) is 1.63. The highest BCUT2D eigenvalue weighted by Gasteiger charge is 2.18. The Morgan fingerprint density at radius 3 is 2.09 bits per heavy atom. The number of hydrogen-bond donors (Lipinski definition) is 1. The minimum atomic E-state index is 0.0269. The van der Waals surface area contributed by atoms with Gasteiger partial charge in [-0.1, -0.05) is 26.7 Å². The van der Waals surface area contributed by atoms with Crippen molar-refractivity contribution in [3.8, 4) is 17.2 Å². The third-order valence-electron chi connectivity index (χ3n) is 3.70. The molecule has 1 N–H and O–H groups in total. The van der Waals surface area contributed by atoms with Crippen molar-refractivity contribution in [3.63, 3.8) is 0 Å². The first-order valence-corrected chi connectivity index (χ1v) is 7.72. The summed E-state index contributed by atoms with van der Waals surface area (Å²) in [6.45, 7) is 4.17. The molecule has 0 aliphatic heterocycles. The molecule has 0 aromatic heterocycles. The van der Waals surface area contributed by atoms with Gasteiger partial charge in [-0.05, 0) is 12.8 Å². The van der Waals surface area contributed by atoms with E-state index in [0.717, 1.165) is 25.7 Å². The van der Waals surface area contributed by atoms with Gasteiger partial charge in [0.25, 0.3) is 0 Å². The first-order chi connectivity index (χ1) is 10.6. The van der Waals surface area contributed by atoms with Crippen LogP contribution in [0, 0.1) is 5.92 Å². The van der Waals surface area contributed by atoms with Gasteiger partial charge >= 0.3 is 0 Å². The molecule has 0 heterocycles. The van der Waals surface area contributed by atoms with Gasteiger partial charge in [0.05, 0.1) is 21.3 Å². The summed E-state index contributed by atoms with van der Waals surface area (Å²) in [6, 6.07) is 3.48. The molecule has 1 aromatic rings. The van der Waals surface area contributed by atoms with Crippen LogP contribution in [0.3, 0.4) is 0 Å². The number of rotatable bonds is 9. The number of ether oxygens (including phenoxy) is 3. The van der Waals surface area contributed by atoms with Crippen LogP contribution in [-0.4, -0.2) is 27.2 Å². The van der Waals surface area contributed by atoms with Gasteiger partial charge in [-0.2, -0.15) is 0 Å². The van der Waals surface area contributed by atoms with Gasteiger partial charge in [-0.15, -0.1) is 0 Å². The molecule has 1 rings (SSSR count). The van der Waals surface area contributed by atoms with Crippen LogP contribution in [0.4, 0.5) is 5.69 Å². The van der Waals surface area contributed by atoms with Gasteiger partial charge in [0.15, 0.2) is 11.5 Å². The number of amides is 1. The smallest absolute Gasteiger partial charge is 0.227 e. The molecule has 0 unspecified atom stereocenters. The molecule has 1 atom stereocenters. The summed E-state index contributed by atoms with van der Waals surface area (Å²) in [4.78, 5) is 12.4. The van der Waals surface area contributed by atoms with E-state index in [0.29, 0.717) is 22.9 Å². The lowest BCUT2D eigenvalue weighted by molar-refractivity contribution is -0.120. The van der Waals surface area contributed by atoms with Crippen molar-refractivity contribution in [2.75, 3.05) is 26.6 Å². The maximum Gasteiger partial charge on any atom is 0.227 e. The lowest BCUT2D eigenvalue weighted by Crippen LogP contribution is -2.22. The second-order valence-corrected chi connectivity index (χ2v) is 5.15. The topological polar surface area (TPSA) is 56.8 Å². The molecule has 0 aliphatic carbocycles. The molecular weight excluding hydrogens is 282 g/mol. The lowest BCUT2D eigenvalue weighted by Gasteiger charge is -2.17. The van der Waals surface area contributed by atoms with E-state index >= 15 is 0 Å².